The summed E-state index contributed by atoms with van der Waals surface area (Å²) in [5, 5.41) is 0. The molecule has 1 nitrogen and oxygen atoms in total. The molecule has 2 unspecified atom stereocenters. The topological polar surface area (TPSA) is 9.23 Å². The minimum atomic E-state index is -1.23. The first-order chi connectivity index (χ1) is 11.4. The molecular formula is C22H46OSi2. The van der Waals surface area contributed by atoms with Crippen LogP contribution in [0.5, 0.6) is 0 Å². The molecule has 0 aromatic carbocycles. The first kappa shape index (κ1) is 21.7. The van der Waals surface area contributed by atoms with E-state index in [0.717, 1.165) is 11.1 Å². The summed E-state index contributed by atoms with van der Waals surface area (Å²) in [6, 6.07) is 0. The quantitative estimate of drug-likeness (QED) is 0.425. The van der Waals surface area contributed by atoms with Gasteiger partial charge in [0.1, 0.15) is 0 Å². The van der Waals surface area contributed by atoms with Crippen LogP contribution in [0.1, 0.15) is 78.1 Å². The first-order valence-corrected chi connectivity index (χ1v) is 18.3. The Labute approximate surface area is 160 Å². The van der Waals surface area contributed by atoms with Gasteiger partial charge in [-0.2, -0.15) is 0 Å². The fourth-order valence-electron chi connectivity index (χ4n) is 5.53. The van der Waals surface area contributed by atoms with Gasteiger partial charge in [0.05, 0.1) is 27.3 Å². The SMILES string of the molecule is CC(C1(OC2(C(C)[Si](C)(C)C)CCCCC2)CCCCC1)[Si](C)(C)C. The van der Waals surface area contributed by atoms with Crippen molar-refractivity contribution in [3.8, 4) is 0 Å². The van der Waals surface area contributed by atoms with Crippen LogP contribution in [0.15, 0.2) is 0 Å². The highest BCUT2D eigenvalue weighted by molar-refractivity contribution is 6.78. The van der Waals surface area contributed by atoms with Crippen LogP contribution in [0.4, 0.5) is 0 Å². The minimum Gasteiger partial charge on any atom is -0.369 e. The lowest BCUT2D eigenvalue weighted by molar-refractivity contribution is -0.188. The molecule has 25 heavy (non-hydrogen) atoms. The Kier molecular flexibility index (Phi) is 6.76. The van der Waals surface area contributed by atoms with Crippen molar-refractivity contribution in [2.75, 3.05) is 0 Å². The molecule has 2 aliphatic rings. The Morgan fingerprint density at radius 2 is 0.840 bits per heavy atom. The molecule has 2 saturated carbocycles. The average Bonchev–Trinajstić information content (AvgIpc) is 2.53. The highest BCUT2D eigenvalue weighted by Gasteiger charge is 2.53. The summed E-state index contributed by atoms with van der Waals surface area (Å²) >= 11 is 0. The lowest BCUT2D eigenvalue weighted by Gasteiger charge is -2.56. The molecule has 0 saturated heterocycles. The van der Waals surface area contributed by atoms with Crippen LogP contribution < -0.4 is 0 Å². The largest absolute Gasteiger partial charge is 0.369 e. The van der Waals surface area contributed by atoms with Crippen molar-refractivity contribution in [2.24, 2.45) is 0 Å². The van der Waals surface area contributed by atoms with E-state index in [9.17, 15) is 0 Å². The molecule has 0 bridgehead atoms. The maximum Gasteiger partial charge on any atom is 0.0692 e. The second-order valence-electron chi connectivity index (χ2n) is 11.5. The average molecular weight is 383 g/mol. The van der Waals surface area contributed by atoms with E-state index in [1.807, 2.05) is 0 Å². The lowest BCUT2D eigenvalue weighted by Crippen LogP contribution is -2.57. The van der Waals surface area contributed by atoms with Gasteiger partial charge in [0.2, 0.25) is 0 Å². The standard InChI is InChI=1S/C22H46OSi2/c1-19(24(3,4)5)21(15-11-9-12-16-21)23-22(17-13-10-14-18-22)20(2)25(6,7)8/h19-20H,9-18H2,1-8H3. The Morgan fingerprint density at radius 1 is 0.560 bits per heavy atom. The van der Waals surface area contributed by atoms with Crippen molar-refractivity contribution in [1.29, 1.82) is 0 Å². The third-order valence-electron chi connectivity index (χ3n) is 7.98. The molecule has 3 heteroatoms. The van der Waals surface area contributed by atoms with E-state index in [2.05, 4.69) is 53.1 Å². The zero-order valence-electron chi connectivity index (χ0n) is 18.6. The van der Waals surface area contributed by atoms with Gasteiger partial charge in [-0.3, -0.25) is 0 Å². The summed E-state index contributed by atoms with van der Waals surface area (Å²) in [5.41, 5.74) is 1.86. The molecule has 0 aliphatic heterocycles. The van der Waals surface area contributed by atoms with Gasteiger partial charge in [0, 0.05) is 0 Å². The number of hydrogen-bond donors (Lipinski definition) is 0. The van der Waals surface area contributed by atoms with Gasteiger partial charge in [-0.15, -0.1) is 0 Å². The monoisotopic (exact) mass is 382 g/mol. The molecule has 2 aliphatic carbocycles. The normalized spacial score (nSPS) is 26.9. The number of rotatable bonds is 6. The molecule has 0 amide bonds. The zero-order valence-corrected chi connectivity index (χ0v) is 20.6. The molecule has 2 fully saturated rings. The molecule has 0 heterocycles. The Morgan fingerprint density at radius 3 is 1.08 bits per heavy atom. The fraction of sp³-hybridized carbons (Fsp3) is 1.00. The molecule has 148 valence electrons. The van der Waals surface area contributed by atoms with Crippen molar-refractivity contribution >= 4 is 16.1 Å². The van der Waals surface area contributed by atoms with Gasteiger partial charge in [-0.1, -0.05) is 91.7 Å². The lowest BCUT2D eigenvalue weighted by atomic mass is 9.77. The van der Waals surface area contributed by atoms with Crippen LogP contribution in [-0.2, 0) is 4.74 Å². The van der Waals surface area contributed by atoms with E-state index in [0.29, 0.717) is 0 Å². The second kappa shape index (κ2) is 7.79. The van der Waals surface area contributed by atoms with Crippen molar-refractivity contribution in [3.05, 3.63) is 0 Å². The summed E-state index contributed by atoms with van der Waals surface area (Å²) in [6.45, 7) is 20.5. The summed E-state index contributed by atoms with van der Waals surface area (Å²) in [7, 11) is -2.46. The van der Waals surface area contributed by atoms with E-state index in [1.165, 1.54) is 64.2 Å². The Balaban J connectivity index is 2.38. The highest BCUT2D eigenvalue weighted by atomic mass is 28.3. The smallest absolute Gasteiger partial charge is 0.0692 e. The molecule has 0 radical (unpaired) electrons. The summed E-state index contributed by atoms with van der Waals surface area (Å²) in [4.78, 5) is 0. The summed E-state index contributed by atoms with van der Waals surface area (Å²) in [5.74, 6) is 0. The van der Waals surface area contributed by atoms with Gasteiger partial charge in [-0.25, -0.2) is 0 Å². The molecule has 2 rings (SSSR count). The molecule has 0 N–H and O–H groups in total. The third kappa shape index (κ3) is 4.82. The molecule has 0 spiro atoms. The van der Waals surface area contributed by atoms with Gasteiger partial charge in [-0.05, 0) is 36.8 Å². The first-order valence-electron chi connectivity index (χ1n) is 11.1. The van der Waals surface area contributed by atoms with Crippen molar-refractivity contribution < 1.29 is 4.74 Å². The van der Waals surface area contributed by atoms with Crippen LogP contribution >= 0.6 is 0 Å². The Hall–Kier alpha value is 0.394. The van der Waals surface area contributed by atoms with Gasteiger partial charge >= 0.3 is 0 Å². The predicted octanol–water partition coefficient (Wildman–Crippen LogP) is 7.87. The van der Waals surface area contributed by atoms with E-state index in [-0.39, 0.29) is 11.2 Å². The second-order valence-corrected chi connectivity index (χ2v) is 22.7. The van der Waals surface area contributed by atoms with Gasteiger partial charge in [0.15, 0.2) is 0 Å². The van der Waals surface area contributed by atoms with Crippen LogP contribution in [0.3, 0.4) is 0 Å². The van der Waals surface area contributed by atoms with E-state index >= 15 is 0 Å². The number of ether oxygens (including phenoxy) is 1. The summed E-state index contributed by atoms with van der Waals surface area (Å²) in [6.07, 6.45) is 13.6. The third-order valence-corrected chi connectivity index (χ3v) is 14.2. The van der Waals surface area contributed by atoms with E-state index in [4.69, 9.17) is 4.74 Å². The van der Waals surface area contributed by atoms with Crippen molar-refractivity contribution in [3.63, 3.8) is 0 Å². The van der Waals surface area contributed by atoms with Crippen molar-refractivity contribution in [2.45, 2.75) is 140 Å². The van der Waals surface area contributed by atoms with Crippen molar-refractivity contribution in [1.82, 2.24) is 0 Å². The van der Waals surface area contributed by atoms with Crippen LogP contribution in [-0.4, -0.2) is 27.3 Å². The maximum absolute atomic E-state index is 7.55. The van der Waals surface area contributed by atoms with Gasteiger partial charge < -0.3 is 4.74 Å². The molecular weight excluding hydrogens is 336 g/mol. The minimum absolute atomic E-state index is 0.175. The molecule has 0 aromatic heterocycles. The van der Waals surface area contributed by atoms with E-state index in [1.54, 1.807) is 0 Å². The number of hydrogen-bond acceptors (Lipinski definition) is 1. The zero-order chi connectivity index (χ0) is 18.9. The summed E-state index contributed by atoms with van der Waals surface area (Å²) < 4.78 is 7.55. The highest BCUT2D eigenvalue weighted by Crippen LogP contribution is 2.54. The maximum atomic E-state index is 7.55. The van der Waals surface area contributed by atoms with Gasteiger partial charge in [0.25, 0.3) is 0 Å². The Bertz CT molecular complexity index is 380. The molecule has 0 aromatic rings. The van der Waals surface area contributed by atoms with Crippen LogP contribution in [0, 0.1) is 0 Å². The predicted molar refractivity (Wildman–Crippen MR) is 118 cm³/mol. The van der Waals surface area contributed by atoms with Crippen LogP contribution in [0.2, 0.25) is 50.4 Å². The molecule has 2 atom stereocenters. The van der Waals surface area contributed by atoms with Crippen LogP contribution in [0.25, 0.3) is 0 Å². The fourth-order valence-corrected chi connectivity index (χ4v) is 9.38. The van der Waals surface area contributed by atoms with E-state index < -0.39 is 16.1 Å².